The van der Waals surface area contributed by atoms with Gasteiger partial charge in [-0.25, -0.2) is 0 Å². The van der Waals surface area contributed by atoms with Crippen LogP contribution >= 0.6 is 0 Å². The molecule has 0 spiro atoms. The van der Waals surface area contributed by atoms with Crippen molar-refractivity contribution >= 4 is 17.5 Å². The normalized spacial score (nSPS) is 14.0. The van der Waals surface area contributed by atoms with E-state index in [0.717, 1.165) is 0 Å². The predicted molar refractivity (Wildman–Crippen MR) is 74.5 cm³/mol. The van der Waals surface area contributed by atoms with Crippen LogP contribution < -0.4 is 11.1 Å². The first kappa shape index (κ1) is 17.8. The van der Waals surface area contributed by atoms with Crippen LogP contribution in [-0.2, 0) is 14.4 Å². The molecule has 0 aliphatic carbocycles. The van der Waals surface area contributed by atoms with E-state index in [4.69, 9.17) is 5.73 Å². The Bertz CT molecular complexity index is 327. The Hall–Kier alpha value is -1.23. The van der Waals surface area contributed by atoms with Crippen LogP contribution in [-0.4, -0.2) is 30.1 Å². The molecule has 19 heavy (non-hydrogen) atoms. The molecule has 0 bridgehead atoms. The number of ketones is 2. The third-order valence-corrected chi connectivity index (χ3v) is 3.00. The number of nitrogens with two attached hydrogens (primary N) is 1. The van der Waals surface area contributed by atoms with Crippen LogP contribution in [0.3, 0.4) is 0 Å². The van der Waals surface area contributed by atoms with E-state index in [2.05, 4.69) is 5.32 Å². The van der Waals surface area contributed by atoms with Crippen LogP contribution in [0.15, 0.2) is 0 Å². The van der Waals surface area contributed by atoms with Crippen LogP contribution in [0.2, 0.25) is 0 Å². The van der Waals surface area contributed by atoms with E-state index in [9.17, 15) is 14.4 Å². The summed E-state index contributed by atoms with van der Waals surface area (Å²) in [6.45, 7) is 7.24. The van der Waals surface area contributed by atoms with Crippen LogP contribution in [0.5, 0.6) is 0 Å². The molecule has 0 radical (unpaired) electrons. The maximum Gasteiger partial charge on any atom is 0.217 e. The molecule has 0 aromatic carbocycles. The fourth-order valence-corrected chi connectivity index (χ4v) is 2.07. The Balaban J connectivity index is 4.65. The average molecular weight is 270 g/mol. The minimum Gasteiger partial charge on any atom is -0.346 e. The lowest BCUT2D eigenvalue weighted by molar-refractivity contribution is -0.130. The minimum atomic E-state index is -0.573. The summed E-state index contributed by atoms with van der Waals surface area (Å²) in [7, 11) is 0. The molecule has 2 atom stereocenters. The summed E-state index contributed by atoms with van der Waals surface area (Å²) in [4.78, 5) is 34.8. The van der Waals surface area contributed by atoms with Crippen molar-refractivity contribution in [2.45, 2.75) is 53.0 Å². The molecule has 0 rings (SSSR count). The molecule has 0 heterocycles. The number of Topliss-reactive ketones (excluding diaryl/α,β-unsaturated/α-hetero) is 2. The summed E-state index contributed by atoms with van der Waals surface area (Å²) in [6.07, 6.45) is 1.28. The highest BCUT2D eigenvalue weighted by Crippen LogP contribution is 2.18. The highest BCUT2D eigenvalue weighted by molar-refractivity contribution is 5.92. The second-order valence-electron chi connectivity index (χ2n) is 5.44. The van der Waals surface area contributed by atoms with Crippen LogP contribution in [0.4, 0.5) is 0 Å². The molecular formula is C14H26N2O3. The van der Waals surface area contributed by atoms with Crippen LogP contribution in [0, 0.1) is 11.8 Å². The van der Waals surface area contributed by atoms with Gasteiger partial charge in [0.2, 0.25) is 5.91 Å². The second-order valence-corrected chi connectivity index (χ2v) is 5.44. The van der Waals surface area contributed by atoms with Crippen molar-refractivity contribution in [2.75, 3.05) is 6.54 Å². The van der Waals surface area contributed by atoms with E-state index in [1.807, 2.05) is 13.8 Å². The van der Waals surface area contributed by atoms with Crippen molar-refractivity contribution in [3.05, 3.63) is 0 Å². The monoisotopic (exact) mass is 270 g/mol. The van der Waals surface area contributed by atoms with Gasteiger partial charge in [-0.15, -0.1) is 0 Å². The third kappa shape index (κ3) is 7.72. The number of amides is 1. The minimum absolute atomic E-state index is 0.0244. The Kier molecular flexibility index (Phi) is 8.23. The van der Waals surface area contributed by atoms with Gasteiger partial charge in [-0.1, -0.05) is 13.8 Å². The van der Waals surface area contributed by atoms with Crippen molar-refractivity contribution in [2.24, 2.45) is 17.6 Å². The summed E-state index contributed by atoms with van der Waals surface area (Å²) < 4.78 is 0. The molecule has 0 aromatic rings. The third-order valence-electron chi connectivity index (χ3n) is 3.00. The van der Waals surface area contributed by atoms with Crippen molar-refractivity contribution in [3.8, 4) is 0 Å². The Morgan fingerprint density at radius 1 is 1.16 bits per heavy atom. The highest BCUT2D eigenvalue weighted by Gasteiger charge is 2.25. The van der Waals surface area contributed by atoms with Gasteiger partial charge in [-0.05, 0) is 32.2 Å². The number of nitrogens with one attached hydrogen (secondary N) is 1. The predicted octanol–water partition coefficient (Wildman–Crippen LogP) is 1.05. The van der Waals surface area contributed by atoms with E-state index in [1.54, 1.807) is 0 Å². The van der Waals surface area contributed by atoms with Gasteiger partial charge >= 0.3 is 0 Å². The summed E-state index contributed by atoms with van der Waals surface area (Å²) in [6, 6.07) is -0.573. The molecule has 0 aliphatic rings. The molecule has 1 amide bonds. The van der Waals surface area contributed by atoms with Gasteiger partial charge in [0.1, 0.15) is 5.78 Å². The van der Waals surface area contributed by atoms with Crippen molar-refractivity contribution < 1.29 is 14.4 Å². The van der Waals surface area contributed by atoms with Crippen molar-refractivity contribution in [3.63, 3.8) is 0 Å². The zero-order valence-electron chi connectivity index (χ0n) is 12.4. The van der Waals surface area contributed by atoms with E-state index < -0.39 is 6.04 Å². The molecule has 110 valence electrons. The number of carbonyl (C=O) groups excluding carboxylic acids is 3. The second kappa shape index (κ2) is 8.80. The SMILES string of the molecule is CC(=O)N[C@@H](CCN)C(=O)C[C@@H](CC(C)C)C(C)=O. The molecule has 0 saturated heterocycles. The molecular weight excluding hydrogens is 244 g/mol. The molecule has 5 heteroatoms. The first-order valence-electron chi connectivity index (χ1n) is 6.78. The fourth-order valence-electron chi connectivity index (χ4n) is 2.07. The van der Waals surface area contributed by atoms with E-state index >= 15 is 0 Å². The molecule has 0 saturated carbocycles. The molecule has 0 aromatic heterocycles. The summed E-state index contributed by atoms with van der Waals surface area (Å²) in [5, 5.41) is 2.60. The lowest BCUT2D eigenvalue weighted by Crippen LogP contribution is -2.42. The van der Waals surface area contributed by atoms with Crippen LogP contribution in [0.25, 0.3) is 0 Å². The first-order chi connectivity index (χ1) is 8.77. The van der Waals surface area contributed by atoms with E-state index in [0.29, 0.717) is 25.3 Å². The molecule has 0 fully saturated rings. The van der Waals surface area contributed by atoms with Gasteiger partial charge in [-0.3, -0.25) is 14.4 Å². The van der Waals surface area contributed by atoms with E-state index in [1.165, 1.54) is 13.8 Å². The number of hydrogen-bond donors (Lipinski definition) is 2. The quantitative estimate of drug-likeness (QED) is 0.655. The first-order valence-corrected chi connectivity index (χ1v) is 6.78. The summed E-state index contributed by atoms with van der Waals surface area (Å²) in [5.74, 6) is -0.245. The largest absolute Gasteiger partial charge is 0.346 e. The van der Waals surface area contributed by atoms with Gasteiger partial charge in [0.25, 0.3) is 0 Å². The Morgan fingerprint density at radius 2 is 1.74 bits per heavy atom. The number of rotatable bonds is 9. The van der Waals surface area contributed by atoms with Crippen molar-refractivity contribution in [1.29, 1.82) is 0 Å². The topological polar surface area (TPSA) is 89.3 Å². The molecule has 0 unspecified atom stereocenters. The highest BCUT2D eigenvalue weighted by atomic mass is 16.2. The summed E-state index contributed by atoms with van der Waals surface area (Å²) >= 11 is 0. The lowest BCUT2D eigenvalue weighted by Gasteiger charge is -2.20. The summed E-state index contributed by atoms with van der Waals surface area (Å²) in [5.41, 5.74) is 5.44. The zero-order chi connectivity index (χ0) is 15.0. The van der Waals surface area contributed by atoms with Gasteiger partial charge in [0.15, 0.2) is 5.78 Å². The standard InChI is InChI=1S/C14H26N2O3/c1-9(2)7-12(10(3)17)8-14(19)13(5-6-15)16-11(4)18/h9,12-13H,5-8,15H2,1-4H3,(H,16,18)/t12-,13+/m1/s1. The van der Waals surface area contributed by atoms with Crippen molar-refractivity contribution in [1.82, 2.24) is 5.32 Å². The lowest BCUT2D eigenvalue weighted by atomic mass is 9.87. The smallest absolute Gasteiger partial charge is 0.217 e. The maximum atomic E-state index is 12.1. The number of hydrogen-bond acceptors (Lipinski definition) is 4. The zero-order valence-corrected chi connectivity index (χ0v) is 12.4. The Morgan fingerprint density at radius 3 is 2.11 bits per heavy atom. The van der Waals surface area contributed by atoms with Gasteiger partial charge in [0, 0.05) is 19.3 Å². The fraction of sp³-hybridized carbons (Fsp3) is 0.786. The van der Waals surface area contributed by atoms with Crippen LogP contribution in [0.1, 0.15) is 47.0 Å². The number of carbonyl (C=O) groups is 3. The Labute approximate surface area is 115 Å². The van der Waals surface area contributed by atoms with E-state index in [-0.39, 0.29) is 29.8 Å². The van der Waals surface area contributed by atoms with Gasteiger partial charge in [0.05, 0.1) is 6.04 Å². The molecule has 5 nitrogen and oxygen atoms in total. The average Bonchev–Trinajstić information content (AvgIpc) is 2.26. The molecule has 3 N–H and O–H groups in total. The van der Waals surface area contributed by atoms with Gasteiger partial charge < -0.3 is 11.1 Å². The van der Waals surface area contributed by atoms with Gasteiger partial charge in [-0.2, -0.15) is 0 Å². The molecule has 0 aliphatic heterocycles. The maximum absolute atomic E-state index is 12.1.